The number of carbonyl (C=O) groups excluding carboxylic acids is 2. The number of alkyl halides is 4. The molecule has 0 aliphatic heterocycles. The molecule has 3 aromatic carbocycles. The second kappa shape index (κ2) is 18.7. The van der Waals surface area contributed by atoms with Crippen molar-refractivity contribution in [3.63, 3.8) is 0 Å². The van der Waals surface area contributed by atoms with Crippen LogP contribution in [0.25, 0.3) is 11.1 Å². The van der Waals surface area contributed by atoms with Crippen LogP contribution in [-0.2, 0) is 25.8 Å². The van der Waals surface area contributed by atoms with Gasteiger partial charge >= 0.3 is 6.18 Å². The highest BCUT2D eigenvalue weighted by atomic mass is 35.5. The molecule has 4 N–H and O–H groups in total. The number of halogens is 5. The molecule has 1 unspecified atom stereocenters. The number of nitrogens with two attached hydrogens (primary N) is 1. The van der Waals surface area contributed by atoms with E-state index in [0.29, 0.717) is 23.1 Å². The van der Waals surface area contributed by atoms with E-state index in [1.54, 1.807) is 0 Å². The van der Waals surface area contributed by atoms with E-state index in [9.17, 15) is 40.8 Å². The normalized spacial score (nSPS) is 13.4. The van der Waals surface area contributed by atoms with E-state index < -0.39 is 52.1 Å². The van der Waals surface area contributed by atoms with E-state index in [2.05, 4.69) is 10.6 Å². The fraction of sp³-hybridized carbons (Fsp3) is 0.389. The predicted octanol–water partition coefficient (Wildman–Crippen LogP) is 6.89. The maximum atomic E-state index is 14.7. The van der Waals surface area contributed by atoms with Crippen LogP contribution in [0.15, 0.2) is 71.6 Å². The molecule has 0 bridgehead atoms. The number of primary amides is 1. The number of nitrogens with one attached hydrogen (secondary N) is 2. The number of rotatable bonds is 14. The first kappa shape index (κ1) is 42.7. The molecular formula is C36H40ClF4N5O4S. The Balaban J connectivity index is 0.00000116. The van der Waals surface area contributed by atoms with Crippen molar-refractivity contribution in [1.82, 2.24) is 10.6 Å². The monoisotopic (exact) mass is 749 g/mol. The lowest BCUT2D eigenvalue weighted by Gasteiger charge is -2.30. The van der Waals surface area contributed by atoms with Crippen LogP contribution in [0.4, 0.5) is 17.6 Å². The summed E-state index contributed by atoms with van der Waals surface area (Å²) in [6.07, 6.45) is -2.05. The van der Waals surface area contributed by atoms with Gasteiger partial charge in [-0.05, 0) is 66.8 Å². The van der Waals surface area contributed by atoms with Gasteiger partial charge in [0.15, 0.2) is 9.84 Å². The summed E-state index contributed by atoms with van der Waals surface area (Å²) in [7, 11) is -3.42. The molecule has 0 heterocycles. The Morgan fingerprint density at radius 3 is 1.94 bits per heavy atom. The lowest BCUT2D eigenvalue weighted by Crippen LogP contribution is -2.53. The summed E-state index contributed by atoms with van der Waals surface area (Å²) in [5.74, 6) is -1.20. The van der Waals surface area contributed by atoms with Gasteiger partial charge in [-0.15, -0.1) is 0 Å². The van der Waals surface area contributed by atoms with Gasteiger partial charge in [0.1, 0.15) is 17.8 Å². The van der Waals surface area contributed by atoms with Crippen molar-refractivity contribution in [2.45, 2.75) is 87.7 Å². The number of carbonyl (C=O) groups is 2. The zero-order valence-electron chi connectivity index (χ0n) is 28.5. The molecule has 0 fully saturated rings. The molecule has 0 aliphatic rings. The van der Waals surface area contributed by atoms with Gasteiger partial charge < -0.3 is 11.1 Å². The summed E-state index contributed by atoms with van der Waals surface area (Å²) in [5.41, 5.74) is 4.34. The highest BCUT2D eigenvalue weighted by molar-refractivity contribution is 7.90. The molecule has 3 rings (SSSR count). The summed E-state index contributed by atoms with van der Waals surface area (Å²) in [6.45, 7) is 4.28. The second-order valence-electron chi connectivity index (χ2n) is 12.4. The van der Waals surface area contributed by atoms with Crippen LogP contribution in [0.5, 0.6) is 0 Å². The van der Waals surface area contributed by atoms with Crippen molar-refractivity contribution in [2.24, 2.45) is 5.73 Å². The average molecular weight is 750 g/mol. The molecule has 274 valence electrons. The van der Waals surface area contributed by atoms with Crippen molar-refractivity contribution in [2.75, 3.05) is 6.26 Å². The Morgan fingerprint density at radius 2 is 1.53 bits per heavy atom. The topological polar surface area (TPSA) is 166 Å². The first-order valence-corrected chi connectivity index (χ1v) is 18.0. The number of nitrogens with zero attached hydrogens (tertiary/aromatic N) is 2. The maximum absolute atomic E-state index is 14.7. The Hall–Kier alpha value is -4.50. The van der Waals surface area contributed by atoms with Gasteiger partial charge in [0.2, 0.25) is 11.8 Å². The van der Waals surface area contributed by atoms with Crippen LogP contribution in [0.1, 0.15) is 69.2 Å². The maximum Gasteiger partial charge on any atom is 0.407 e. The van der Waals surface area contributed by atoms with Crippen LogP contribution in [0.3, 0.4) is 0 Å². The number of amides is 2. The van der Waals surface area contributed by atoms with Crippen molar-refractivity contribution < 1.29 is 35.6 Å². The Bertz CT molecular complexity index is 1830. The third kappa shape index (κ3) is 14.3. The number of unbranched alkanes of at least 4 members (excludes halogenated alkanes) is 1. The summed E-state index contributed by atoms with van der Waals surface area (Å²) >= 11 is 6.17. The lowest BCUT2D eigenvalue weighted by molar-refractivity contribution is -0.161. The summed E-state index contributed by atoms with van der Waals surface area (Å²) in [5, 5.41) is 23.5. The van der Waals surface area contributed by atoms with Gasteiger partial charge in [0, 0.05) is 30.5 Å². The van der Waals surface area contributed by atoms with E-state index in [0.717, 1.165) is 32.9 Å². The van der Waals surface area contributed by atoms with Gasteiger partial charge in [-0.1, -0.05) is 67.4 Å². The molecule has 51 heavy (non-hydrogen) atoms. The van der Waals surface area contributed by atoms with Gasteiger partial charge in [0.25, 0.3) is 0 Å². The van der Waals surface area contributed by atoms with Gasteiger partial charge in [0.05, 0.1) is 28.6 Å². The van der Waals surface area contributed by atoms with E-state index in [4.69, 9.17) is 22.6 Å². The Labute approximate surface area is 300 Å². The van der Waals surface area contributed by atoms with Crippen LogP contribution >= 0.6 is 11.6 Å². The van der Waals surface area contributed by atoms with Crippen molar-refractivity contribution in [3.05, 3.63) is 88.4 Å². The van der Waals surface area contributed by atoms with Crippen molar-refractivity contribution in [1.29, 1.82) is 10.5 Å². The predicted molar refractivity (Wildman–Crippen MR) is 187 cm³/mol. The Kier molecular flexibility index (Phi) is 15.6. The average Bonchev–Trinajstić information content (AvgIpc) is 3.05. The fourth-order valence-corrected chi connectivity index (χ4v) is 5.70. The molecule has 0 radical (unpaired) electrons. The standard InChI is InChI=1S/C31H29ClF4N4O3S.C5H11NO/c1-30(2,33)16-27(29(41)39-24(18-38)15-23-5-4-19(17-37)14-26(23)32)40-28(31(34,35)36)22-8-6-20(7-9-22)21-10-12-25(13-11-21)44(3,42)43;1-2-3-4-5(6)7/h4-14,24,27-28,40H,15-16H2,1-3H3,(H,39,41);2-4H2,1H3,(H2,6,7)/t24?,27-,28-;/m0./s1. The van der Waals surface area contributed by atoms with E-state index in [1.165, 1.54) is 66.7 Å². The summed E-state index contributed by atoms with van der Waals surface area (Å²) < 4.78 is 81.2. The second-order valence-corrected chi connectivity index (χ2v) is 14.8. The smallest absolute Gasteiger partial charge is 0.370 e. The van der Waals surface area contributed by atoms with Crippen LogP contribution < -0.4 is 16.4 Å². The van der Waals surface area contributed by atoms with Crippen LogP contribution in [0.2, 0.25) is 5.02 Å². The molecule has 0 aromatic heterocycles. The zero-order chi connectivity index (χ0) is 38.6. The molecule has 0 spiro atoms. The first-order chi connectivity index (χ1) is 23.7. The molecule has 15 heteroatoms. The number of nitriles is 2. The molecule has 2 amide bonds. The van der Waals surface area contributed by atoms with Crippen LogP contribution in [0, 0.1) is 22.7 Å². The SMILES string of the molecule is CC(C)(F)C[C@H](N[C@@H](c1ccc(-c2ccc(S(C)(=O)=O)cc2)cc1)C(F)(F)F)C(=O)NC(C#N)Cc1ccc(C#N)cc1Cl.CCCCC(N)=O. The highest BCUT2D eigenvalue weighted by Crippen LogP contribution is 2.35. The molecule has 0 saturated carbocycles. The summed E-state index contributed by atoms with van der Waals surface area (Å²) in [4.78, 5) is 23.3. The van der Waals surface area contributed by atoms with E-state index in [1.807, 2.05) is 19.1 Å². The molecule has 9 nitrogen and oxygen atoms in total. The minimum absolute atomic E-state index is 0.0953. The highest BCUT2D eigenvalue weighted by Gasteiger charge is 2.44. The molecule has 0 aliphatic carbocycles. The van der Waals surface area contributed by atoms with E-state index >= 15 is 0 Å². The van der Waals surface area contributed by atoms with Crippen molar-refractivity contribution in [3.8, 4) is 23.3 Å². The summed E-state index contributed by atoms with van der Waals surface area (Å²) in [6, 6.07) is 14.0. The fourth-order valence-electron chi connectivity index (χ4n) is 4.81. The largest absolute Gasteiger partial charge is 0.407 e. The number of sulfone groups is 1. The molecule has 0 saturated heterocycles. The van der Waals surface area contributed by atoms with Gasteiger partial charge in [-0.2, -0.15) is 23.7 Å². The Morgan fingerprint density at radius 1 is 0.961 bits per heavy atom. The molecule has 3 atom stereocenters. The first-order valence-electron chi connectivity index (χ1n) is 15.8. The number of hydrogen-bond donors (Lipinski definition) is 3. The van der Waals surface area contributed by atoms with Crippen LogP contribution in [-0.4, -0.2) is 50.4 Å². The third-order valence-corrected chi connectivity index (χ3v) is 8.90. The quantitative estimate of drug-likeness (QED) is 0.151. The number of hydrogen-bond acceptors (Lipinski definition) is 7. The third-order valence-electron chi connectivity index (χ3n) is 7.42. The molecular weight excluding hydrogens is 710 g/mol. The molecule has 3 aromatic rings. The zero-order valence-corrected chi connectivity index (χ0v) is 30.1. The minimum atomic E-state index is -4.89. The van der Waals surface area contributed by atoms with Crippen molar-refractivity contribution >= 4 is 33.3 Å². The lowest BCUT2D eigenvalue weighted by atomic mass is 9.96. The minimum Gasteiger partial charge on any atom is -0.370 e. The van der Waals surface area contributed by atoms with Gasteiger partial charge in [-0.25, -0.2) is 12.8 Å². The van der Waals surface area contributed by atoms with E-state index in [-0.39, 0.29) is 33.4 Å². The van der Waals surface area contributed by atoms with Gasteiger partial charge in [-0.3, -0.25) is 14.9 Å². The number of benzene rings is 3.